The van der Waals surface area contributed by atoms with Crippen LogP contribution in [0.25, 0.3) is 10.9 Å². The third-order valence-electron chi connectivity index (χ3n) is 4.92. The summed E-state index contributed by atoms with van der Waals surface area (Å²) in [5.74, 6) is 0.0505. The number of nitrogens with zero attached hydrogens (tertiary/aromatic N) is 4. The fourth-order valence-electron chi connectivity index (χ4n) is 3.38. The van der Waals surface area contributed by atoms with Gasteiger partial charge in [-0.05, 0) is 37.1 Å². The minimum Gasteiger partial charge on any atom is -0.342 e. The Hall–Kier alpha value is -2.74. The molecule has 28 heavy (non-hydrogen) atoms. The molecule has 1 aliphatic rings. The van der Waals surface area contributed by atoms with Gasteiger partial charge in [-0.2, -0.15) is 0 Å². The zero-order valence-corrected chi connectivity index (χ0v) is 15.9. The highest BCUT2D eigenvalue weighted by Gasteiger charge is 2.25. The van der Waals surface area contributed by atoms with Crippen molar-refractivity contribution in [3.05, 3.63) is 64.7 Å². The van der Waals surface area contributed by atoms with E-state index in [4.69, 9.17) is 0 Å². The van der Waals surface area contributed by atoms with Crippen LogP contribution >= 0.6 is 11.8 Å². The van der Waals surface area contributed by atoms with Gasteiger partial charge < -0.3 is 4.90 Å². The van der Waals surface area contributed by atoms with Crippen LogP contribution < -0.4 is 5.56 Å². The summed E-state index contributed by atoms with van der Waals surface area (Å²) in [4.78, 5) is 28.0. The average molecular weight is 398 g/mol. The van der Waals surface area contributed by atoms with Crippen molar-refractivity contribution in [2.75, 3.05) is 18.8 Å². The number of hydrogen-bond donors (Lipinski definition) is 0. The Morgan fingerprint density at radius 1 is 1.14 bits per heavy atom. The molecule has 1 amide bonds. The SMILES string of the molecule is O=C(CSc1ccccc1)N1CCC(n2nnc3cc(F)ccc3c2=O)CC1. The van der Waals surface area contributed by atoms with E-state index in [-0.39, 0.29) is 23.0 Å². The Labute approximate surface area is 165 Å². The summed E-state index contributed by atoms with van der Waals surface area (Å²) < 4.78 is 14.7. The molecule has 0 unspecified atom stereocenters. The predicted octanol–water partition coefficient (Wildman–Crippen LogP) is 2.89. The zero-order chi connectivity index (χ0) is 19.5. The summed E-state index contributed by atoms with van der Waals surface area (Å²) in [7, 11) is 0. The number of carbonyl (C=O) groups excluding carboxylic acids is 1. The molecule has 0 radical (unpaired) electrons. The van der Waals surface area contributed by atoms with Crippen LogP contribution in [0.2, 0.25) is 0 Å². The molecule has 6 nitrogen and oxygen atoms in total. The van der Waals surface area contributed by atoms with Gasteiger partial charge in [0, 0.05) is 24.1 Å². The van der Waals surface area contributed by atoms with E-state index in [2.05, 4.69) is 10.3 Å². The molecule has 2 aromatic carbocycles. The molecule has 3 aromatic rings. The molecule has 0 atom stereocenters. The van der Waals surface area contributed by atoms with E-state index in [0.717, 1.165) is 4.90 Å². The number of fused-ring (bicyclic) bond motifs is 1. The number of likely N-dealkylation sites (tertiary alicyclic amines) is 1. The molecule has 0 aliphatic carbocycles. The van der Waals surface area contributed by atoms with Crippen molar-refractivity contribution in [3.8, 4) is 0 Å². The third-order valence-corrected chi connectivity index (χ3v) is 5.91. The van der Waals surface area contributed by atoms with E-state index in [9.17, 15) is 14.0 Å². The highest BCUT2D eigenvalue weighted by Crippen LogP contribution is 2.23. The summed E-state index contributed by atoms with van der Waals surface area (Å²) >= 11 is 1.52. The van der Waals surface area contributed by atoms with Crippen LogP contribution in [-0.4, -0.2) is 44.6 Å². The van der Waals surface area contributed by atoms with Crippen LogP contribution in [0.15, 0.2) is 58.2 Å². The molecule has 8 heteroatoms. The number of hydrogen-bond acceptors (Lipinski definition) is 5. The molecule has 1 aliphatic heterocycles. The lowest BCUT2D eigenvalue weighted by molar-refractivity contribution is -0.129. The smallest absolute Gasteiger partial charge is 0.277 e. The Bertz CT molecular complexity index is 1050. The number of aromatic nitrogens is 3. The van der Waals surface area contributed by atoms with E-state index >= 15 is 0 Å². The van der Waals surface area contributed by atoms with Gasteiger partial charge in [-0.15, -0.1) is 16.9 Å². The standard InChI is InChI=1S/C20H19FN4O2S/c21-14-6-7-17-18(12-14)22-23-25(20(17)27)15-8-10-24(11-9-15)19(26)13-28-16-4-2-1-3-5-16/h1-7,12,15H,8-11,13H2. The first-order valence-corrected chi connectivity index (χ1v) is 10.1. The number of benzene rings is 2. The van der Waals surface area contributed by atoms with Gasteiger partial charge in [-0.25, -0.2) is 9.07 Å². The summed E-state index contributed by atoms with van der Waals surface area (Å²) in [6, 6.07) is 13.6. The average Bonchev–Trinajstić information content (AvgIpc) is 2.73. The van der Waals surface area contributed by atoms with E-state index in [0.29, 0.717) is 37.1 Å². The first-order chi connectivity index (χ1) is 13.6. The van der Waals surface area contributed by atoms with Crippen LogP contribution in [0.3, 0.4) is 0 Å². The molecular formula is C20H19FN4O2S. The van der Waals surface area contributed by atoms with Crippen LogP contribution in [0.5, 0.6) is 0 Å². The molecule has 1 aromatic heterocycles. The normalized spacial score (nSPS) is 15.1. The Balaban J connectivity index is 1.39. The number of thioether (sulfide) groups is 1. The maximum atomic E-state index is 13.3. The van der Waals surface area contributed by atoms with Crippen LogP contribution in [0.4, 0.5) is 4.39 Å². The number of amides is 1. The number of rotatable bonds is 4. The lowest BCUT2D eigenvalue weighted by atomic mass is 10.1. The van der Waals surface area contributed by atoms with E-state index < -0.39 is 5.82 Å². The van der Waals surface area contributed by atoms with Crippen molar-refractivity contribution in [1.29, 1.82) is 0 Å². The number of piperidine rings is 1. The van der Waals surface area contributed by atoms with Gasteiger partial charge in [0.25, 0.3) is 5.56 Å². The monoisotopic (exact) mass is 398 g/mol. The first-order valence-electron chi connectivity index (χ1n) is 9.12. The van der Waals surface area contributed by atoms with Crippen molar-refractivity contribution in [2.45, 2.75) is 23.8 Å². The highest BCUT2D eigenvalue weighted by atomic mass is 32.2. The lowest BCUT2D eigenvalue weighted by Gasteiger charge is -2.32. The second kappa shape index (κ2) is 8.10. The van der Waals surface area contributed by atoms with Gasteiger partial charge in [-0.1, -0.05) is 23.4 Å². The zero-order valence-electron chi connectivity index (χ0n) is 15.1. The Morgan fingerprint density at radius 3 is 2.64 bits per heavy atom. The molecule has 1 fully saturated rings. The molecule has 1 saturated heterocycles. The van der Waals surface area contributed by atoms with Crippen LogP contribution in [-0.2, 0) is 4.79 Å². The summed E-state index contributed by atoms with van der Waals surface area (Å²) in [6.45, 7) is 1.16. The molecule has 0 saturated carbocycles. The minimum atomic E-state index is -0.445. The molecule has 2 heterocycles. The number of carbonyl (C=O) groups is 1. The summed E-state index contributed by atoms with van der Waals surface area (Å²) in [6.07, 6.45) is 1.28. The van der Waals surface area contributed by atoms with Gasteiger partial charge >= 0.3 is 0 Å². The fourth-order valence-corrected chi connectivity index (χ4v) is 4.20. The van der Waals surface area contributed by atoms with Crippen molar-refractivity contribution in [2.24, 2.45) is 0 Å². The Kier molecular flexibility index (Phi) is 5.38. The minimum absolute atomic E-state index is 0.0970. The maximum absolute atomic E-state index is 13.3. The molecular weight excluding hydrogens is 379 g/mol. The van der Waals surface area contributed by atoms with Crippen LogP contribution in [0.1, 0.15) is 18.9 Å². The topological polar surface area (TPSA) is 68.1 Å². The van der Waals surface area contributed by atoms with E-state index in [1.54, 1.807) is 0 Å². The van der Waals surface area contributed by atoms with E-state index in [1.807, 2.05) is 35.2 Å². The molecule has 144 valence electrons. The van der Waals surface area contributed by atoms with Gasteiger partial charge in [0.2, 0.25) is 5.91 Å². The summed E-state index contributed by atoms with van der Waals surface area (Å²) in [5, 5.41) is 8.34. The number of halogens is 1. The van der Waals surface area contributed by atoms with Crippen molar-refractivity contribution in [3.63, 3.8) is 0 Å². The van der Waals surface area contributed by atoms with E-state index in [1.165, 1.54) is 34.6 Å². The van der Waals surface area contributed by atoms with Gasteiger partial charge in [0.05, 0.1) is 17.2 Å². The molecule has 0 bridgehead atoms. The fraction of sp³-hybridized carbons (Fsp3) is 0.300. The largest absolute Gasteiger partial charge is 0.342 e. The second-order valence-electron chi connectivity index (χ2n) is 6.71. The molecule has 4 rings (SSSR count). The predicted molar refractivity (Wildman–Crippen MR) is 106 cm³/mol. The van der Waals surface area contributed by atoms with Crippen molar-refractivity contribution in [1.82, 2.24) is 19.9 Å². The van der Waals surface area contributed by atoms with Gasteiger partial charge in [-0.3, -0.25) is 9.59 Å². The lowest BCUT2D eigenvalue weighted by Crippen LogP contribution is -2.42. The molecule has 0 spiro atoms. The maximum Gasteiger partial charge on any atom is 0.277 e. The van der Waals surface area contributed by atoms with Gasteiger partial charge in [0.1, 0.15) is 11.3 Å². The highest BCUT2D eigenvalue weighted by molar-refractivity contribution is 8.00. The quantitative estimate of drug-likeness (QED) is 0.632. The first kappa shape index (κ1) is 18.6. The van der Waals surface area contributed by atoms with Gasteiger partial charge in [0.15, 0.2) is 0 Å². The summed E-state index contributed by atoms with van der Waals surface area (Å²) in [5.41, 5.74) is -0.0128. The third kappa shape index (κ3) is 3.91. The second-order valence-corrected chi connectivity index (χ2v) is 7.76. The van der Waals surface area contributed by atoms with Crippen LogP contribution in [0, 0.1) is 5.82 Å². The van der Waals surface area contributed by atoms with Crippen molar-refractivity contribution < 1.29 is 9.18 Å². The molecule has 0 N–H and O–H groups in total. The Morgan fingerprint density at radius 2 is 1.89 bits per heavy atom. The van der Waals surface area contributed by atoms with Crippen molar-refractivity contribution >= 4 is 28.6 Å².